The second-order valence-corrected chi connectivity index (χ2v) is 5.20. The lowest BCUT2D eigenvalue weighted by atomic mass is 10.0. The van der Waals surface area contributed by atoms with Crippen molar-refractivity contribution in [3.8, 4) is 16.9 Å². The Morgan fingerprint density at radius 2 is 1.71 bits per heavy atom. The van der Waals surface area contributed by atoms with Gasteiger partial charge in [0.1, 0.15) is 5.56 Å². The standard InChI is InChI=1S/C14H10Cl3NO3/c1-20-11-6-18-5-8(12(11)14(19)21-2)7-3-9(15)13(17)10(16)4-7/h3-6H,1-2H3. The predicted octanol–water partition coefficient (Wildman–Crippen LogP) is 4.50. The number of methoxy groups -OCH3 is 2. The first-order valence-corrected chi connectivity index (χ1v) is 6.88. The normalized spacial score (nSPS) is 10.3. The molecule has 0 aliphatic carbocycles. The Labute approximate surface area is 136 Å². The van der Waals surface area contributed by atoms with Crippen molar-refractivity contribution in [3.05, 3.63) is 45.2 Å². The molecule has 1 heterocycles. The molecule has 0 amide bonds. The molecule has 0 saturated heterocycles. The van der Waals surface area contributed by atoms with Gasteiger partial charge in [0.05, 0.1) is 35.5 Å². The summed E-state index contributed by atoms with van der Waals surface area (Å²) in [7, 11) is 2.73. The van der Waals surface area contributed by atoms with E-state index < -0.39 is 5.97 Å². The van der Waals surface area contributed by atoms with Gasteiger partial charge in [-0.25, -0.2) is 4.79 Å². The highest BCUT2D eigenvalue weighted by molar-refractivity contribution is 6.48. The summed E-state index contributed by atoms with van der Waals surface area (Å²) in [6, 6.07) is 3.19. The maximum absolute atomic E-state index is 12.0. The maximum Gasteiger partial charge on any atom is 0.342 e. The molecule has 7 heteroatoms. The van der Waals surface area contributed by atoms with Crippen LogP contribution in [0.1, 0.15) is 10.4 Å². The molecule has 21 heavy (non-hydrogen) atoms. The van der Waals surface area contributed by atoms with E-state index in [1.165, 1.54) is 26.6 Å². The van der Waals surface area contributed by atoms with Crippen LogP contribution in [0.2, 0.25) is 15.1 Å². The first-order valence-electron chi connectivity index (χ1n) is 5.74. The third kappa shape index (κ3) is 3.07. The van der Waals surface area contributed by atoms with E-state index in [4.69, 9.17) is 44.3 Å². The number of ether oxygens (including phenoxy) is 2. The first kappa shape index (κ1) is 15.9. The highest BCUT2D eigenvalue weighted by Gasteiger charge is 2.21. The Kier molecular flexibility index (Phi) is 4.93. The van der Waals surface area contributed by atoms with Gasteiger partial charge in [-0.2, -0.15) is 0 Å². The summed E-state index contributed by atoms with van der Waals surface area (Å²) in [6.07, 6.45) is 2.93. The summed E-state index contributed by atoms with van der Waals surface area (Å²) < 4.78 is 9.95. The molecule has 0 aliphatic rings. The lowest BCUT2D eigenvalue weighted by Gasteiger charge is -2.12. The van der Waals surface area contributed by atoms with Gasteiger partial charge in [-0.3, -0.25) is 4.98 Å². The lowest BCUT2D eigenvalue weighted by Crippen LogP contribution is -2.07. The molecule has 2 rings (SSSR count). The van der Waals surface area contributed by atoms with E-state index in [0.717, 1.165) is 0 Å². The minimum Gasteiger partial charge on any atom is -0.494 e. The number of carbonyl (C=O) groups excluding carboxylic acids is 1. The zero-order valence-electron chi connectivity index (χ0n) is 11.1. The van der Waals surface area contributed by atoms with Crippen LogP contribution in [-0.4, -0.2) is 25.2 Å². The average molecular weight is 347 g/mol. The number of rotatable bonds is 3. The molecule has 0 atom stereocenters. The van der Waals surface area contributed by atoms with Gasteiger partial charge in [-0.1, -0.05) is 34.8 Å². The van der Waals surface area contributed by atoms with E-state index in [0.29, 0.717) is 16.9 Å². The molecular formula is C14H10Cl3NO3. The SMILES string of the molecule is COC(=O)c1c(OC)cncc1-c1cc(Cl)c(Cl)c(Cl)c1. The fourth-order valence-electron chi connectivity index (χ4n) is 1.84. The average Bonchev–Trinajstić information content (AvgIpc) is 2.50. The maximum atomic E-state index is 12.0. The molecule has 0 saturated carbocycles. The van der Waals surface area contributed by atoms with Crippen molar-refractivity contribution in [2.45, 2.75) is 0 Å². The summed E-state index contributed by atoms with van der Waals surface area (Å²) in [5.74, 6) is -0.256. The van der Waals surface area contributed by atoms with Gasteiger partial charge in [0.25, 0.3) is 0 Å². The monoisotopic (exact) mass is 345 g/mol. The molecule has 2 aromatic rings. The first-order chi connectivity index (χ1) is 9.99. The summed E-state index contributed by atoms with van der Waals surface area (Å²) in [4.78, 5) is 16.0. The van der Waals surface area contributed by atoms with E-state index in [1.807, 2.05) is 0 Å². The molecule has 1 aromatic heterocycles. The highest BCUT2D eigenvalue weighted by Crippen LogP contribution is 2.37. The van der Waals surface area contributed by atoms with Gasteiger partial charge in [0, 0.05) is 11.8 Å². The molecule has 0 N–H and O–H groups in total. The summed E-state index contributed by atoms with van der Waals surface area (Å²) in [6.45, 7) is 0. The third-order valence-corrected chi connectivity index (χ3v) is 4.01. The van der Waals surface area contributed by atoms with Gasteiger partial charge < -0.3 is 9.47 Å². The molecule has 0 fully saturated rings. The van der Waals surface area contributed by atoms with Crippen LogP contribution in [0, 0.1) is 0 Å². The Morgan fingerprint density at radius 1 is 1.10 bits per heavy atom. The molecular weight excluding hydrogens is 337 g/mol. The number of carbonyl (C=O) groups is 1. The van der Waals surface area contributed by atoms with Crippen LogP contribution in [0.5, 0.6) is 5.75 Å². The molecule has 0 spiro atoms. The second-order valence-electron chi connectivity index (χ2n) is 4.01. The number of esters is 1. The highest BCUT2D eigenvalue weighted by atomic mass is 35.5. The Bertz CT molecular complexity index is 681. The van der Waals surface area contributed by atoms with Crippen LogP contribution in [0.25, 0.3) is 11.1 Å². The minimum absolute atomic E-state index is 0.240. The van der Waals surface area contributed by atoms with Gasteiger partial charge in [-0.15, -0.1) is 0 Å². The van der Waals surface area contributed by atoms with Crippen molar-refractivity contribution in [2.24, 2.45) is 0 Å². The van der Waals surface area contributed by atoms with E-state index in [9.17, 15) is 4.79 Å². The number of benzene rings is 1. The smallest absolute Gasteiger partial charge is 0.342 e. The minimum atomic E-state index is -0.550. The number of nitrogens with zero attached hydrogens (tertiary/aromatic N) is 1. The largest absolute Gasteiger partial charge is 0.494 e. The number of hydrogen-bond donors (Lipinski definition) is 0. The van der Waals surface area contributed by atoms with E-state index in [-0.39, 0.29) is 20.6 Å². The summed E-state index contributed by atoms with van der Waals surface area (Å²) >= 11 is 18.0. The fraction of sp³-hybridized carbons (Fsp3) is 0.143. The van der Waals surface area contributed by atoms with Crippen molar-refractivity contribution in [1.29, 1.82) is 0 Å². The summed E-state index contributed by atoms with van der Waals surface area (Å²) in [5, 5.41) is 0.799. The zero-order valence-corrected chi connectivity index (χ0v) is 13.4. The predicted molar refractivity (Wildman–Crippen MR) is 82.6 cm³/mol. The molecule has 110 valence electrons. The van der Waals surface area contributed by atoms with Crippen molar-refractivity contribution >= 4 is 40.8 Å². The van der Waals surface area contributed by atoms with E-state index in [1.54, 1.807) is 12.1 Å². The number of halogens is 3. The van der Waals surface area contributed by atoms with E-state index in [2.05, 4.69) is 4.98 Å². The van der Waals surface area contributed by atoms with Crippen molar-refractivity contribution in [2.75, 3.05) is 14.2 Å². The van der Waals surface area contributed by atoms with Crippen LogP contribution in [0.3, 0.4) is 0 Å². The van der Waals surface area contributed by atoms with E-state index >= 15 is 0 Å². The summed E-state index contributed by atoms with van der Waals surface area (Å²) in [5.41, 5.74) is 1.31. The number of hydrogen-bond acceptors (Lipinski definition) is 4. The van der Waals surface area contributed by atoms with Crippen molar-refractivity contribution < 1.29 is 14.3 Å². The van der Waals surface area contributed by atoms with Gasteiger partial charge in [0.15, 0.2) is 5.75 Å². The van der Waals surface area contributed by atoms with Crippen LogP contribution in [0.4, 0.5) is 0 Å². The van der Waals surface area contributed by atoms with Crippen LogP contribution in [0.15, 0.2) is 24.5 Å². The number of aromatic nitrogens is 1. The molecule has 0 bridgehead atoms. The lowest BCUT2D eigenvalue weighted by molar-refractivity contribution is 0.0598. The second kappa shape index (κ2) is 6.52. The Morgan fingerprint density at radius 3 is 2.24 bits per heavy atom. The fourth-order valence-corrected chi connectivity index (χ4v) is 2.43. The van der Waals surface area contributed by atoms with Gasteiger partial charge in [-0.05, 0) is 17.7 Å². The van der Waals surface area contributed by atoms with Crippen molar-refractivity contribution in [1.82, 2.24) is 4.98 Å². The Balaban J connectivity index is 2.72. The van der Waals surface area contributed by atoms with Gasteiger partial charge >= 0.3 is 5.97 Å². The molecule has 0 radical (unpaired) electrons. The quantitative estimate of drug-likeness (QED) is 0.606. The van der Waals surface area contributed by atoms with Crippen LogP contribution in [-0.2, 0) is 4.74 Å². The molecule has 1 aromatic carbocycles. The molecule has 4 nitrogen and oxygen atoms in total. The topological polar surface area (TPSA) is 48.4 Å². The van der Waals surface area contributed by atoms with Gasteiger partial charge in [0.2, 0.25) is 0 Å². The molecule has 0 unspecified atom stereocenters. The molecule has 0 aliphatic heterocycles. The van der Waals surface area contributed by atoms with Crippen molar-refractivity contribution in [3.63, 3.8) is 0 Å². The Hall–Kier alpha value is -1.49. The zero-order chi connectivity index (χ0) is 15.6. The third-order valence-electron chi connectivity index (χ3n) is 2.82. The number of pyridine rings is 1. The van der Waals surface area contributed by atoms with Crippen LogP contribution >= 0.6 is 34.8 Å². The van der Waals surface area contributed by atoms with Crippen LogP contribution < -0.4 is 4.74 Å².